The highest BCUT2D eigenvalue weighted by atomic mass is 16.5. The van der Waals surface area contributed by atoms with Gasteiger partial charge in [0.25, 0.3) is 0 Å². The molecule has 0 aromatic carbocycles. The lowest BCUT2D eigenvalue weighted by Gasteiger charge is -2.33. The van der Waals surface area contributed by atoms with E-state index >= 15 is 0 Å². The average molecular weight is 300 g/mol. The fourth-order valence-electron chi connectivity index (χ4n) is 2.28. The average Bonchev–Trinajstić information content (AvgIpc) is 3.27. The maximum atomic E-state index is 11.8. The lowest BCUT2D eigenvalue weighted by atomic mass is 9.90. The number of ether oxygens (including phenoxy) is 2. The minimum atomic E-state index is -1.20. The maximum Gasteiger partial charge on any atom is 0.329 e. The third-order valence-electron chi connectivity index (χ3n) is 3.91. The van der Waals surface area contributed by atoms with Crippen molar-refractivity contribution in [1.29, 1.82) is 0 Å². The van der Waals surface area contributed by atoms with Gasteiger partial charge in [0, 0.05) is 45.8 Å². The summed E-state index contributed by atoms with van der Waals surface area (Å²) in [4.78, 5) is 23.2. The van der Waals surface area contributed by atoms with E-state index in [1.54, 1.807) is 0 Å². The van der Waals surface area contributed by atoms with Gasteiger partial charge in [-0.3, -0.25) is 0 Å². The van der Waals surface area contributed by atoms with Crippen LogP contribution in [0.15, 0.2) is 0 Å². The van der Waals surface area contributed by atoms with Gasteiger partial charge in [0.05, 0.1) is 0 Å². The topological polar surface area (TPSA) is 96.9 Å². The van der Waals surface area contributed by atoms with Gasteiger partial charge in [0.1, 0.15) is 5.54 Å². The Morgan fingerprint density at radius 3 is 2.62 bits per heavy atom. The number of rotatable bonds is 8. The molecule has 2 rings (SSSR count). The molecule has 1 aliphatic carbocycles. The van der Waals surface area contributed by atoms with Crippen LogP contribution in [0, 0.1) is 5.92 Å². The van der Waals surface area contributed by atoms with Gasteiger partial charge in [-0.25, -0.2) is 9.59 Å². The van der Waals surface area contributed by atoms with E-state index in [1.165, 1.54) is 12.8 Å². The Bertz CT molecular complexity index is 364. The van der Waals surface area contributed by atoms with E-state index in [1.807, 2.05) is 0 Å². The van der Waals surface area contributed by atoms with Crippen LogP contribution in [0.4, 0.5) is 4.79 Å². The fraction of sp³-hybridized carbons (Fsp3) is 0.857. The third-order valence-corrected chi connectivity index (χ3v) is 3.91. The number of urea groups is 1. The maximum absolute atomic E-state index is 11.8. The normalized spacial score (nSPS) is 20.8. The van der Waals surface area contributed by atoms with Gasteiger partial charge in [-0.15, -0.1) is 0 Å². The second-order valence-electron chi connectivity index (χ2n) is 5.75. The summed E-state index contributed by atoms with van der Waals surface area (Å²) in [7, 11) is 0. The molecular weight excluding hydrogens is 276 g/mol. The summed E-state index contributed by atoms with van der Waals surface area (Å²) in [5, 5.41) is 14.6. The van der Waals surface area contributed by atoms with Crippen LogP contribution in [-0.2, 0) is 14.3 Å². The highest BCUT2D eigenvalue weighted by Crippen LogP contribution is 2.28. The summed E-state index contributed by atoms with van der Waals surface area (Å²) in [6, 6.07) is -0.443. The van der Waals surface area contributed by atoms with Crippen molar-refractivity contribution in [3.63, 3.8) is 0 Å². The Morgan fingerprint density at radius 2 is 2.00 bits per heavy atom. The van der Waals surface area contributed by atoms with E-state index in [9.17, 15) is 14.7 Å². The largest absolute Gasteiger partial charge is 0.480 e. The Morgan fingerprint density at radius 1 is 1.29 bits per heavy atom. The van der Waals surface area contributed by atoms with Crippen molar-refractivity contribution >= 4 is 12.0 Å². The van der Waals surface area contributed by atoms with Crippen molar-refractivity contribution < 1.29 is 24.2 Å². The zero-order chi connectivity index (χ0) is 15.1. The molecule has 0 unspecified atom stereocenters. The van der Waals surface area contributed by atoms with Crippen LogP contribution in [-0.4, -0.2) is 55.6 Å². The van der Waals surface area contributed by atoms with Gasteiger partial charge < -0.3 is 25.2 Å². The van der Waals surface area contributed by atoms with Gasteiger partial charge >= 0.3 is 12.0 Å². The van der Waals surface area contributed by atoms with E-state index < -0.39 is 17.5 Å². The van der Waals surface area contributed by atoms with Crippen LogP contribution in [0.3, 0.4) is 0 Å². The summed E-state index contributed by atoms with van der Waals surface area (Å²) in [5.41, 5.74) is -1.20. The first-order valence-electron chi connectivity index (χ1n) is 7.57. The number of carbonyl (C=O) groups excluding carboxylic acids is 1. The number of hydrogen-bond acceptors (Lipinski definition) is 4. The van der Waals surface area contributed by atoms with Gasteiger partial charge in [-0.2, -0.15) is 0 Å². The molecule has 2 fully saturated rings. The molecule has 7 heteroatoms. The van der Waals surface area contributed by atoms with Gasteiger partial charge in [-0.05, 0) is 25.2 Å². The predicted octanol–water partition coefficient (Wildman–Crippen LogP) is 0.736. The monoisotopic (exact) mass is 300 g/mol. The van der Waals surface area contributed by atoms with Crippen LogP contribution in [0.2, 0.25) is 0 Å². The van der Waals surface area contributed by atoms with Crippen molar-refractivity contribution in [3.8, 4) is 0 Å². The van der Waals surface area contributed by atoms with E-state index in [0.717, 1.165) is 18.9 Å². The molecule has 2 aliphatic rings. The summed E-state index contributed by atoms with van der Waals surface area (Å²) < 4.78 is 10.6. The van der Waals surface area contributed by atoms with Crippen molar-refractivity contribution in [3.05, 3.63) is 0 Å². The standard InChI is InChI=1S/C14H24N2O5/c17-12(18)14(4-8-20-9-5-14)16-13(19)15-6-1-7-21-10-11-2-3-11/h11H,1-10H2,(H,17,18)(H2,15,16,19). The first-order valence-corrected chi connectivity index (χ1v) is 7.57. The molecule has 120 valence electrons. The van der Waals surface area contributed by atoms with Crippen molar-refractivity contribution in [2.45, 2.75) is 37.6 Å². The molecule has 0 spiro atoms. The minimum absolute atomic E-state index is 0.292. The molecule has 0 aromatic heterocycles. The van der Waals surface area contributed by atoms with E-state index in [2.05, 4.69) is 10.6 Å². The second-order valence-corrected chi connectivity index (χ2v) is 5.75. The zero-order valence-electron chi connectivity index (χ0n) is 12.2. The Kier molecular flexibility index (Phi) is 5.81. The predicted molar refractivity (Wildman–Crippen MR) is 75.1 cm³/mol. The number of carbonyl (C=O) groups is 2. The Hall–Kier alpha value is -1.34. The zero-order valence-corrected chi connectivity index (χ0v) is 12.2. The third kappa shape index (κ3) is 5.17. The number of amides is 2. The Balaban J connectivity index is 1.61. The number of hydrogen-bond donors (Lipinski definition) is 3. The van der Waals surface area contributed by atoms with Crippen molar-refractivity contribution in [1.82, 2.24) is 10.6 Å². The molecule has 3 N–H and O–H groups in total. The lowest BCUT2D eigenvalue weighted by molar-refractivity contribution is -0.148. The van der Waals surface area contributed by atoms with Crippen LogP contribution < -0.4 is 10.6 Å². The summed E-state index contributed by atoms with van der Waals surface area (Å²) in [6.07, 6.45) is 3.84. The Labute approximate surface area is 124 Å². The second kappa shape index (κ2) is 7.61. The van der Waals surface area contributed by atoms with E-state index in [-0.39, 0.29) is 0 Å². The smallest absolute Gasteiger partial charge is 0.329 e. The molecule has 0 aromatic rings. The van der Waals surface area contributed by atoms with Crippen molar-refractivity contribution in [2.75, 3.05) is 33.0 Å². The number of carboxylic acid groups (broad SMARTS) is 1. The lowest BCUT2D eigenvalue weighted by Crippen LogP contribution is -2.59. The first kappa shape index (κ1) is 16.0. The summed E-state index contributed by atoms with van der Waals surface area (Å²) in [6.45, 7) is 2.61. The first-order chi connectivity index (χ1) is 10.1. The summed E-state index contributed by atoms with van der Waals surface area (Å²) >= 11 is 0. The highest BCUT2D eigenvalue weighted by Gasteiger charge is 2.41. The molecule has 0 radical (unpaired) electrons. The molecular formula is C14H24N2O5. The van der Waals surface area contributed by atoms with Gasteiger partial charge in [0.2, 0.25) is 0 Å². The summed E-state index contributed by atoms with van der Waals surface area (Å²) in [5.74, 6) is -0.265. The molecule has 1 saturated heterocycles. The molecule has 0 bridgehead atoms. The van der Waals surface area contributed by atoms with E-state index in [4.69, 9.17) is 9.47 Å². The molecule has 0 atom stereocenters. The van der Waals surface area contributed by atoms with Crippen LogP contribution in [0.25, 0.3) is 0 Å². The van der Waals surface area contributed by atoms with Gasteiger partial charge in [-0.1, -0.05) is 0 Å². The molecule has 2 amide bonds. The number of aliphatic carboxylic acids is 1. The molecule has 1 aliphatic heterocycles. The SMILES string of the molecule is O=C(NCCCOCC1CC1)NC1(C(=O)O)CCOCC1. The van der Waals surface area contributed by atoms with Crippen molar-refractivity contribution in [2.24, 2.45) is 5.92 Å². The molecule has 1 saturated carbocycles. The molecule has 7 nitrogen and oxygen atoms in total. The quantitative estimate of drug-likeness (QED) is 0.574. The van der Waals surface area contributed by atoms with Crippen LogP contribution >= 0.6 is 0 Å². The van der Waals surface area contributed by atoms with Crippen LogP contribution in [0.5, 0.6) is 0 Å². The molecule has 21 heavy (non-hydrogen) atoms. The molecule has 1 heterocycles. The number of carboxylic acids is 1. The van der Waals surface area contributed by atoms with E-state index in [0.29, 0.717) is 39.2 Å². The van der Waals surface area contributed by atoms with Gasteiger partial charge in [0.15, 0.2) is 0 Å². The highest BCUT2D eigenvalue weighted by molar-refractivity contribution is 5.86. The minimum Gasteiger partial charge on any atom is -0.480 e. The fourth-order valence-corrected chi connectivity index (χ4v) is 2.28. The van der Waals surface area contributed by atoms with Crippen LogP contribution in [0.1, 0.15) is 32.1 Å². The number of nitrogens with one attached hydrogen (secondary N) is 2.